The molecule has 8 heteroatoms. The molecule has 0 saturated carbocycles. The Balaban J connectivity index is 2.01. The number of nitro groups is 1. The van der Waals surface area contributed by atoms with Gasteiger partial charge in [-0.25, -0.2) is 4.90 Å². The van der Waals surface area contributed by atoms with Crippen LogP contribution >= 0.6 is 0 Å². The highest BCUT2D eigenvalue weighted by molar-refractivity contribution is 6.35. The zero-order valence-electron chi connectivity index (χ0n) is 12.4. The number of anilines is 1. The molecule has 1 aliphatic heterocycles. The van der Waals surface area contributed by atoms with Crippen LogP contribution in [0.15, 0.2) is 42.5 Å². The number of nitrogens with zero attached hydrogens (tertiary/aromatic N) is 2. The highest BCUT2D eigenvalue weighted by atomic mass is 16.6. The Kier molecular flexibility index (Phi) is 3.57. The minimum atomic E-state index is -0.762. The Bertz CT molecular complexity index is 888. The summed E-state index contributed by atoms with van der Waals surface area (Å²) in [4.78, 5) is 47.1. The first-order chi connectivity index (χ1) is 11.4. The van der Waals surface area contributed by atoms with Gasteiger partial charge in [-0.3, -0.25) is 24.5 Å². The normalized spacial score (nSPS) is 13.0. The van der Waals surface area contributed by atoms with Crippen molar-refractivity contribution in [2.24, 2.45) is 0 Å². The van der Waals surface area contributed by atoms with Crippen LogP contribution < -0.4 is 9.64 Å². The first-order valence-electron chi connectivity index (χ1n) is 6.85. The number of nitro benzene ring substituents is 1. The summed E-state index contributed by atoms with van der Waals surface area (Å²) in [5.74, 6) is -1.64. The zero-order valence-corrected chi connectivity index (χ0v) is 12.4. The van der Waals surface area contributed by atoms with E-state index in [9.17, 15) is 24.5 Å². The number of fused-ring (bicyclic) bond motifs is 1. The third kappa shape index (κ3) is 2.39. The fraction of sp³-hybridized carbons (Fsp3) is 0.0625. The fourth-order valence-corrected chi connectivity index (χ4v) is 2.48. The number of carbonyl (C=O) groups is 3. The van der Waals surface area contributed by atoms with Gasteiger partial charge in [0.25, 0.3) is 17.5 Å². The topological polar surface area (TPSA) is 107 Å². The molecule has 1 aliphatic rings. The largest absolute Gasteiger partial charge is 0.427 e. The molecule has 0 unspecified atom stereocenters. The predicted octanol–water partition coefficient (Wildman–Crippen LogP) is 2.32. The molecule has 2 aromatic rings. The van der Waals surface area contributed by atoms with Crippen molar-refractivity contribution in [2.45, 2.75) is 6.92 Å². The van der Waals surface area contributed by atoms with Gasteiger partial charge in [0.05, 0.1) is 16.2 Å². The number of hydrogen-bond donors (Lipinski definition) is 0. The van der Waals surface area contributed by atoms with Crippen LogP contribution in [0.5, 0.6) is 5.75 Å². The van der Waals surface area contributed by atoms with Crippen molar-refractivity contribution in [1.29, 1.82) is 0 Å². The van der Waals surface area contributed by atoms with Crippen LogP contribution in [0.25, 0.3) is 0 Å². The van der Waals surface area contributed by atoms with E-state index >= 15 is 0 Å². The van der Waals surface area contributed by atoms with E-state index in [1.165, 1.54) is 49.4 Å². The molecular weight excluding hydrogens is 316 g/mol. The smallest absolute Gasteiger partial charge is 0.308 e. The number of ether oxygens (including phenoxy) is 1. The lowest BCUT2D eigenvalue weighted by Gasteiger charge is -2.14. The molecule has 3 rings (SSSR count). The second-order valence-corrected chi connectivity index (χ2v) is 4.99. The quantitative estimate of drug-likeness (QED) is 0.282. The van der Waals surface area contributed by atoms with Crippen molar-refractivity contribution in [1.82, 2.24) is 0 Å². The van der Waals surface area contributed by atoms with Crippen LogP contribution in [0.4, 0.5) is 11.4 Å². The summed E-state index contributed by atoms with van der Waals surface area (Å²) < 4.78 is 4.88. The van der Waals surface area contributed by atoms with Crippen molar-refractivity contribution in [3.05, 3.63) is 63.7 Å². The number of amides is 2. The molecule has 2 amide bonds. The molecule has 0 spiro atoms. The van der Waals surface area contributed by atoms with Gasteiger partial charge in [-0.1, -0.05) is 6.07 Å². The first kappa shape index (κ1) is 15.3. The maximum Gasteiger partial charge on any atom is 0.308 e. The van der Waals surface area contributed by atoms with Gasteiger partial charge in [0.1, 0.15) is 11.3 Å². The van der Waals surface area contributed by atoms with Gasteiger partial charge in [-0.05, 0) is 30.3 Å². The summed E-state index contributed by atoms with van der Waals surface area (Å²) in [6.45, 7) is 1.25. The maximum atomic E-state index is 12.5. The van der Waals surface area contributed by atoms with Crippen LogP contribution in [0.1, 0.15) is 27.6 Å². The average molecular weight is 326 g/mol. The molecule has 1 heterocycles. The van der Waals surface area contributed by atoms with Crippen LogP contribution in [0, 0.1) is 10.1 Å². The molecule has 24 heavy (non-hydrogen) atoms. The summed E-state index contributed by atoms with van der Waals surface area (Å²) in [5, 5.41) is 11.1. The number of carbonyl (C=O) groups excluding carboxylic acids is 3. The van der Waals surface area contributed by atoms with E-state index in [1.807, 2.05) is 0 Å². The number of rotatable bonds is 3. The number of imide groups is 1. The summed E-state index contributed by atoms with van der Waals surface area (Å²) in [7, 11) is 0. The van der Waals surface area contributed by atoms with Gasteiger partial charge in [0.15, 0.2) is 0 Å². The van der Waals surface area contributed by atoms with Crippen molar-refractivity contribution in [2.75, 3.05) is 4.90 Å². The monoisotopic (exact) mass is 326 g/mol. The molecule has 0 aliphatic carbocycles. The SMILES string of the molecule is CC(=O)Oc1ccc(N2C(=O)c3cccc([N+](=O)[O-])c3C2=O)cc1. The van der Waals surface area contributed by atoms with Crippen LogP contribution in [0.3, 0.4) is 0 Å². The molecule has 0 bridgehead atoms. The average Bonchev–Trinajstić information content (AvgIpc) is 2.79. The molecule has 120 valence electrons. The molecule has 2 aromatic carbocycles. The first-order valence-corrected chi connectivity index (χ1v) is 6.85. The van der Waals surface area contributed by atoms with E-state index in [-0.39, 0.29) is 22.6 Å². The summed E-state index contributed by atoms with van der Waals surface area (Å²) in [5.41, 5.74) is -0.425. The van der Waals surface area contributed by atoms with Crippen molar-refractivity contribution in [3.63, 3.8) is 0 Å². The second kappa shape index (κ2) is 5.58. The second-order valence-electron chi connectivity index (χ2n) is 4.99. The van der Waals surface area contributed by atoms with Gasteiger partial charge in [-0.15, -0.1) is 0 Å². The van der Waals surface area contributed by atoms with Crippen molar-refractivity contribution >= 4 is 29.2 Å². The van der Waals surface area contributed by atoms with Gasteiger partial charge >= 0.3 is 5.97 Å². The maximum absolute atomic E-state index is 12.5. The number of benzene rings is 2. The molecule has 8 nitrogen and oxygen atoms in total. The van der Waals surface area contributed by atoms with E-state index in [0.717, 1.165) is 4.90 Å². The van der Waals surface area contributed by atoms with Gasteiger partial charge < -0.3 is 4.74 Å². The molecule has 0 radical (unpaired) electrons. The van der Waals surface area contributed by atoms with Crippen LogP contribution in [-0.4, -0.2) is 22.7 Å². The van der Waals surface area contributed by atoms with Crippen LogP contribution in [-0.2, 0) is 4.79 Å². The zero-order chi connectivity index (χ0) is 17.4. The third-order valence-electron chi connectivity index (χ3n) is 3.45. The highest BCUT2D eigenvalue weighted by Crippen LogP contribution is 2.34. The minimum absolute atomic E-state index is 0.0155. The number of hydrogen-bond acceptors (Lipinski definition) is 6. The van der Waals surface area contributed by atoms with E-state index < -0.39 is 28.4 Å². The predicted molar refractivity (Wildman–Crippen MR) is 82.0 cm³/mol. The van der Waals surface area contributed by atoms with E-state index in [0.29, 0.717) is 0 Å². The Morgan fingerprint density at radius 2 is 1.75 bits per heavy atom. The van der Waals surface area contributed by atoms with Gasteiger partial charge in [-0.2, -0.15) is 0 Å². The van der Waals surface area contributed by atoms with Crippen molar-refractivity contribution in [3.8, 4) is 5.75 Å². The lowest BCUT2D eigenvalue weighted by molar-refractivity contribution is -0.385. The van der Waals surface area contributed by atoms with E-state index in [1.54, 1.807) is 0 Å². The summed E-state index contributed by atoms with van der Waals surface area (Å²) in [6.07, 6.45) is 0. The third-order valence-corrected chi connectivity index (χ3v) is 3.45. The number of esters is 1. The standard InChI is InChI=1S/C16H10N2O6/c1-9(19)24-11-7-5-10(6-8-11)17-15(20)12-3-2-4-13(18(22)23)14(12)16(17)21/h2-8H,1H3. The molecule has 0 fully saturated rings. The lowest BCUT2D eigenvalue weighted by atomic mass is 10.1. The molecule has 0 aromatic heterocycles. The Morgan fingerprint density at radius 3 is 2.33 bits per heavy atom. The van der Waals surface area contributed by atoms with Gasteiger partial charge in [0, 0.05) is 13.0 Å². The van der Waals surface area contributed by atoms with Gasteiger partial charge in [0.2, 0.25) is 0 Å². The Morgan fingerprint density at radius 1 is 1.08 bits per heavy atom. The Labute approximate surface area is 135 Å². The molecule has 0 saturated heterocycles. The lowest BCUT2D eigenvalue weighted by Crippen LogP contribution is -2.29. The highest BCUT2D eigenvalue weighted by Gasteiger charge is 2.41. The van der Waals surface area contributed by atoms with Crippen molar-refractivity contribution < 1.29 is 24.0 Å². The molecule has 0 atom stereocenters. The minimum Gasteiger partial charge on any atom is -0.427 e. The molecular formula is C16H10N2O6. The summed E-state index contributed by atoms with van der Waals surface area (Å²) in [6, 6.07) is 9.60. The summed E-state index contributed by atoms with van der Waals surface area (Å²) >= 11 is 0. The Hall–Kier alpha value is -3.55. The fourth-order valence-electron chi connectivity index (χ4n) is 2.48. The van der Waals surface area contributed by atoms with E-state index in [2.05, 4.69) is 0 Å². The van der Waals surface area contributed by atoms with Crippen LogP contribution in [0.2, 0.25) is 0 Å². The molecule has 0 N–H and O–H groups in total. The van der Waals surface area contributed by atoms with E-state index in [4.69, 9.17) is 4.74 Å².